The highest BCUT2D eigenvalue weighted by Gasteiger charge is 2.66. The number of aromatic nitrogens is 1. The van der Waals surface area contributed by atoms with Crippen molar-refractivity contribution in [1.82, 2.24) is 4.98 Å². The van der Waals surface area contributed by atoms with E-state index in [1.165, 1.54) is 0 Å². The van der Waals surface area contributed by atoms with Gasteiger partial charge in [-0.2, -0.15) is 5.26 Å². The van der Waals surface area contributed by atoms with Gasteiger partial charge in [0.1, 0.15) is 12.2 Å². The van der Waals surface area contributed by atoms with Crippen molar-refractivity contribution in [2.24, 2.45) is 0 Å². The molecule has 0 aliphatic carbocycles. The van der Waals surface area contributed by atoms with Crippen LogP contribution in [0.15, 0.2) is 30.5 Å². The summed E-state index contributed by atoms with van der Waals surface area (Å²) in [4.78, 5) is 14.9. The number of esters is 1. The van der Waals surface area contributed by atoms with Crippen LogP contribution in [0.5, 0.6) is 0 Å². The molecule has 0 amide bonds. The van der Waals surface area contributed by atoms with Crippen LogP contribution in [0.25, 0.3) is 10.9 Å². The van der Waals surface area contributed by atoms with Gasteiger partial charge in [0.2, 0.25) is 0 Å². The monoisotopic (exact) mass is 256 g/mol. The van der Waals surface area contributed by atoms with Gasteiger partial charge in [0.25, 0.3) is 5.60 Å². The van der Waals surface area contributed by atoms with Crippen LogP contribution in [0.3, 0.4) is 0 Å². The standard InChI is InChI=1S/C14H12N2O3/c1-2-18-13(17)14(8-15)12(19-14)10-7-16-11-6-4-3-5-9(10)11/h3-7,12,16H,2H2,1H3. The van der Waals surface area contributed by atoms with Crippen LogP contribution in [-0.2, 0) is 14.3 Å². The molecule has 2 heterocycles. The Morgan fingerprint density at radius 3 is 3.11 bits per heavy atom. The SMILES string of the molecule is CCOC(=O)C1(C#N)OC1c1c[nH]c2ccccc12. The van der Waals surface area contributed by atoms with Crippen LogP contribution in [0.4, 0.5) is 0 Å². The van der Waals surface area contributed by atoms with Crippen LogP contribution in [0.1, 0.15) is 18.6 Å². The molecule has 96 valence electrons. The third-order valence-electron chi connectivity index (χ3n) is 3.26. The fourth-order valence-electron chi connectivity index (χ4n) is 2.27. The van der Waals surface area contributed by atoms with Crippen molar-refractivity contribution in [1.29, 1.82) is 5.26 Å². The van der Waals surface area contributed by atoms with Crippen LogP contribution in [-0.4, -0.2) is 23.2 Å². The highest BCUT2D eigenvalue weighted by Crippen LogP contribution is 2.51. The van der Waals surface area contributed by atoms with Gasteiger partial charge in [0.05, 0.1) is 6.61 Å². The van der Waals surface area contributed by atoms with Gasteiger partial charge in [-0.05, 0) is 13.0 Å². The van der Waals surface area contributed by atoms with Crippen molar-refractivity contribution in [3.8, 4) is 6.07 Å². The number of aromatic amines is 1. The minimum atomic E-state index is -1.49. The molecule has 0 spiro atoms. The molecule has 0 radical (unpaired) electrons. The first kappa shape index (κ1) is 11.8. The molecule has 1 N–H and O–H groups in total. The average Bonchev–Trinajstić information content (AvgIpc) is 3.03. The molecule has 1 fully saturated rings. The molecule has 2 unspecified atom stereocenters. The lowest BCUT2D eigenvalue weighted by molar-refractivity contribution is -0.147. The molecule has 1 aromatic heterocycles. The zero-order chi connectivity index (χ0) is 13.5. The Hall–Kier alpha value is -2.32. The third-order valence-corrected chi connectivity index (χ3v) is 3.26. The Bertz CT molecular complexity index is 685. The first-order chi connectivity index (χ1) is 9.23. The number of carbonyl (C=O) groups is 1. The maximum absolute atomic E-state index is 11.8. The largest absolute Gasteiger partial charge is 0.463 e. The van der Waals surface area contributed by atoms with E-state index in [4.69, 9.17) is 9.47 Å². The molecule has 3 rings (SSSR count). The Morgan fingerprint density at radius 2 is 2.37 bits per heavy atom. The summed E-state index contributed by atoms with van der Waals surface area (Å²) in [5.74, 6) is -0.618. The van der Waals surface area contributed by atoms with Crippen molar-refractivity contribution < 1.29 is 14.3 Å². The number of epoxide rings is 1. The van der Waals surface area contributed by atoms with Gasteiger partial charge < -0.3 is 14.5 Å². The highest BCUT2D eigenvalue weighted by molar-refractivity contribution is 5.91. The fraction of sp³-hybridized carbons (Fsp3) is 0.286. The topological polar surface area (TPSA) is 78.4 Å². The smallest absolute Gasteiger partial charge is 0.356 e. The minimum Gasteiger partial charge on any atom is -0.463 e. The predicted octanol–water partition coefficient (Wildman–Crippen LogP) is 2.06. The summed E-state index contributed by atoms with van der Waals surface area (Å²) < 4.78 is 10.3. The number of H-pyrrole nitrogens is 1. The van der Waals surface area contributed by atoms with Gasteiger partial charge in [-0.1, -0.05) is 18.2 Å². The van der Waals surface area contributed by atoms with Crippen LogP contribution < -0.4 is 0 Å². The Morgan fingerprint density at radius 1 is 1.58 bits per heavy atom. The number of rotatable bonds is 3. The van der Waals surface area contributed by atoms with E-state index in [-0.39, 0.29) is 6.61 Å². The average molecular weight is 256 g/mol. The zero-order valence-electron chi connectivity index (χ0n) is 10.3. The second-order valence-corrected chi connectivity index (χ2v) is 4.36. The molecule has 0 bridgehead atoms. The molecular weight excluding hydrogens is 244 g/mol. The number of ether oxygens (including phenoxy) is 2. The number of nitrogens with one attached hydrogen (secondary N) is 1. The quantitative estimate of drug-likeness (QED) is 0.673. The molecule has 1 saturated heterocycles. The molecule has 5 heteroatoms. The molecule has 1 aliphatic heterocycles. The van der Waals surface area contributed by atoms with Crippen LogP contribution in [0.2, 0.25) is 0 Å². The minimum absolute atomic E-state index is 0.228. The summed E-state index contributed by atoms with van der Waals surface area (Å²) in [6, 6.07) is 9.61. The molecule has 19 heavy (non-hydrogen) atoms. The second-order valence-electron chi connectivity index (χ2n) is 4.36. The number of hydrogen-bond acceptors (Lipinski definition) is 4. The first-order valence-corrected chi connectivity index (χ1v) is 6.05. The van der Waals surface area contributed by atoms with Crippen molar-refractivity contribution in [2.75, 3.05) is 6.61 Å². The van der Waals surface area contributed by atoms with E-state index in [0.29, 0.717) is 0 Å². The van der Waals surface area contributed by atoms with Gasteiger partial charge in [0, 0.05) is 22.7 Å². The number of benzene rings is 1. The molecule has 5 nitrogen and oxygen atoms in total. The highest BCUT2D eigenvalue weighted by atomic mass is 16.7. The first-order valence-electron chi connectivity index (χ1n) is 6.05. The predicted molar refractivity (Wildman–Crippen MR) is 67.1 cm³/mol. The van der Waals surface area contributed by atoms with E-state index >= 15 is 0 Å². The van der Waals surface area contributed by atoms with Gasteiger partial charge >= 0.3 is 5.97 Å². The van der Waals surface area contributed by atoms with Crippen molar-refractivity contribution >= 4 is 16.9 Å². The summed E-state index contributed by atoms with van der Waals surface area (Å²) in [5, 5.41) is 10.2. The number of carbonyl (C=O) groups excluding carboxylic acids is 1. The molecule has 1 aromatic carbocycles. The molecule has 1 aliphatic rings. The third kappa shape index (κ3) is 1.61. The maximum atomic E-state index is 11.8. The fourth-order valence-corrected chi connectivity index (χ4v) is 2.27. The summed E-state index contributed by atoms with van der Waals surface area (Å²) >= 11 is 0. The number of nitrogens with zero attached hydrogens (tertiary/aromatic N) is 1. The van der Waals surface area contributed by atoms with E-state index < -0.39 is 17.7 Å². The van der Waals surface area contributed by atoms with Crippen molar-refractivity contribution in [3.63, 3.8) is 0 Å². The van der Waals surface area contributed by atoms with Gasteiger partial charge in [-0.3, -0.25) is 0 Å². The Balaban J connectivity index is 1.97. The number of fused-ring (bicyclic) bond motifs is 1. The summed E-state index contributed by atoms with van der Waals surface area (Å²) in [6.45, 7) is 1.93. The maximum Gasteiger partial charge on any atom is 0.356 e. The molecular formula is C14H12N2O3. The van der Waals surface area contributed by atoms with Crippen LogP contribution in [0, 0.1) is 11.3 Å². The van der Waals surface area contributed by atoms with Gasteiger partial charge in [0.15, 0.2) is 0 Å². The van der Waals surface area contributed by atoms with E-state index in [9.17, 15) is 10.1 Å². The lowest BCUT2D eigenvalue weighted by Gasteiger charge is -2.02. The second kappa shape index (κ2) is 4.11. The number of para-hydroxylation sites is 1. The summed E-state index contributed by atoms with van der Waals surface area (Å²) in [5.41, 5.74) is 0.273. The number of nitriles is 1. The summed E-state index contributed by atoms with van der Waals surface area (Å²) in [7, 11) is 0. The van der Waals surface area contributed by atoms with Crippen LogP contribution >= 0.6 is 0 Å². The van der Waals surface area contributed by atoms with Crippen molar-refractivity contribution in [3.05, 3.63) is 36.0 Å². The van der Waals surface area contributed by atoms with E-state index in [0.717, 1.165) is 16.5 Å². The molecule has 2 aromatic rings. The van der Waals surface area contributed by atoms with E-state index in [1.807, 2.05) is 30.3 Å². The molecule has 0 saturated carbocycles. The van der Waals surface area contributed by atoms with Gasteiger partial charge in [-0.15, -0.1) is 0 Å². The lowest BCUT2D eigenvalue weighted by Crippen LogP contribution is -2.26. The van der Waals surface area contributed by atoms with E-state index in [1.54, 1.807) is 13.1 Å². The lowest BCUT2D eigenvalue weighted by atomic mass is 10.0. The molecule has 2 atom stereocenters. The zero-order valence-corrected chi connectivity index (χ0v) is 10.3. The Labute approximate surface area is 109 Å². The normalized spacial score (nSPS) is 24.9. The summed E-state index contributed by atoms with van der Waals surface area (Å²) in [6.07, 6.45) is 1.21. The van der Waals surface area contributed by atoms with E-state index in [2.05, 4.69) is 4.98 Å². The van der Waals surface area contributed by atoms with Gasteiger partial charge in [-0.25, -0.2) is 4.79 Å². The number of hydrogen-bond donors (Lipinski definition) is 1. The Kier molecular flexibility index (Phi) is 2.54. The van der Waals surface area contributed by atoms with Crippen molar-refractivity contribution in [2.45, 2.75) is 18.6 Å².